The van der Waals surface area contributed by atoms with Crippen LogP contribution in [0.1, 0.15) is 6.92 Å². The molecule has 2 amide bonds. The van der Waals surface area contributed by atoms with E-state index in [2.05, 4.69) is 5.32 Å². The predicted molar refractivity (Wildman–Crippen MR) is 69.1 cm³/mol. The molecule has 1 heterocycles. The molecule has 0 saturated carbocycles. The molecule has 86 valence electrons. The molecule has 1 fully saturated rings. The Morgan fingerprint density at radius 3 is 2.94 bits per heavy atom. The summed E-state index contributed by atoms with van der Waals surface area (Å²) in [4.78, 5) is 13.7. The highest BCUT2D eigenvalue weighted by molar-refractivity contribution is 8.00. The van der Waals surface area contributed by atoms with Crippen molar-refractivity contribution in [3.8, 4) is 0 Å². The standard InChI is InChI=1S/C11H13ClN2OS/c1-8-14(6-7-16-8)11(15)13-10-5-3-2-4-9(10)12/h2-5,8H,6-7H2,1H3,(H,13,15). The molecule has 0 bridgehead atoms. The lowest BCUT2D eigenvalue weighted by Gasteiger charge is -2.21. The summed E-state index contributed by atoms with van der Waals surface area (Å²) in [6.45, 7) is 2.83. The maximum atomic E-state index is 11.9. The van der Waals surface area contributed by atoms with Gasteiger partial charge in [0.25, 0.3) is 0 Å². The topological polar surface area (TPSA) is 32.3 Å². The molecule has 1 aromatic carbocycles. The third kappa shape index (κ3) is 2.44. The molecule has 0 spiro atoms. The lowest BCUT2D eigenvalue weighted by atomic mass is 10.3. The van der Waals surface area contributed by atoms with E-state index in [1.807, 2.05) is 24.0 Å². The molecule has 1 aliphatic heterocycles. The molecule has 1 aliphatic rings. The van der Waals surface area contributed by atoms with E-state index in [0.29, 0.717) is 10.7 Å². The molecule has 1 saturated heterocycles. The van der Waals surface area contributed by atoms with Crippen molar-refractivity contribution in [2.45, 2.75) is 12.3 Å². The summed E-state index contributed by atoms with van der Waals surface area (Å²) in [5, 5.41) is 3.63. The van der Waals surface area contributed by atoms with Crippen molar-refractivity contribution in [1.29, 1.82) is 0 Å². The van der Waals surface area contributed by atoms with Gasteiger partial charge in [-0.1, -0.05) is 23.7 Å². The molecule has 2 rings (SSSR count). The second-order valence-electron chi connectivity index (χ2n) is 3.57. The maximum Gasteiger partial charge on any atom is 0.322 e. The van der Waals surface area contributed by atoms with Crippen molar-refractivity contribution in [2.75, 3.05) is 17.6 Å². The number of para-hydroxylation sites is 1. The highest BCUT2D eigenvalue weighted by atomic mass is 35.5. The summed E-state index contributed by atoms with van der Waals surface area (Å²) >= 11 is 7.75. The summed E-state index contributed by atoms with van der Waals surface area (Å²) in [6.07, 6.45) is 0. The van der Waals surface area contributed by atoms with E-state index in [-0.39, 0.29) is 11.4 Å². The molecule has 16 heavy (non-hydrogen) atoms. The summed E-state index contributed by atoms with van der Waals surface area (Å²) < 4.78 is 0. The van der Waals surface area contributed by atoms with E-state index >= 15 is 0 Å². The van der Waals surface area contributed by atoms with E-state index in [1.165, 1.54) is 0 Å². The number of urea groups is 1. The number of halogens is 1. The van der Waals surface area contributed by atoms with E-state index in [9.17, 15) is 4.79 Å². The fourth-order valence-corrected chi connectivity index (χ4v) is 2.82. The third-order valence-electron chi connectivity index (χ3n) is 2.51. The van der Waals surface area contributed by atoms with Gasteiger partial charge in [-0.3, -0.25) is 0 Å². The number of hydrogen-bond acceptors (Lipinski definition) is 2. The van der Waals surface area contributed by atoms with E-state index in [4.69, 9.17) is 11.6 Å². The Labute approximate surface area is 104 Å². The Hall–Kier alpha value is -0.870. The summed E-state index contributed by atoms with van der Waals surface area (Å²) in [7, 11) is 0. The molecular weight excluding hydrogens is 244 g/mol. The van der Waals surface area contributed by atoms with Crippen molar-refractivity contribution in [3.05, 3.63) is 29.3 Å². The number of carbonyl (C=O) groups excluding carboxylic acids is 1. The number of nitrogens with one attached hydrogen (secondary N) is 1. The largest absolute Gasteiger partial charge is 0.322 e. The average Bonchev–Trinajstić information content (AvgIpc) is 2.68. The highest BCUT2D eigenvalue weighted by Gasteiger charge is 2.25. The minimum absolute atomic E-state index is 0.0781. The monoisotopic (exact) mass is 256 g/mol. The zero-order valence-corrected chi connectivity index (χ0v) is 10.5. The van der Waals surface area contributed by atoms with Gasteiger partial charge < -0.3 is 10.2 Å². The highest BCUT2D eigenvalue weighted by Crippen LogP contribution is 2.25. The summed E-state index contributed by atoms with van der Waals surface area (Å²) in [5.41, 5.74) is 0.665. The molecule has 0 radical (unpaired) electrons. The zero-order chi connectivity index (χ0) is 11.5. The van der Waals surface area contributed by atoms with Crippen LogP contribution in [-0.2, 0) is 0 Å². The number of benzene rings is 1. The number of anilines is 1. The minimum Gasteiger partial charge on any atom is -0.312 e. The maximum absolute atomic E-state index is 11.9. The van der Waals surface area contributed by atoms with Crippen molar-refractivity contribution >= 4 is 35.1 Å². The molecule has 1 unspecified atom stereocenters. The third-order valence-corrected chi connectivity index (χ3v) is 3.99. The van der Waals surface area contributed by atoms with E-state index in [1.54, 1.807) is 23.9 Å². The second kappa shape index (κ2) is 4.97. The number of thioether (sulfide) groups is 1. The van der Waals surface area contributed by atoms with Crippen LogP contribution in [0.2, 0.25) is 5.02 Å². The van der Waals surface area contributed by atoms with Gasteiger partial charge in [0.2, 0.25) is 0 Å². The van der Waals surface area contributed by atoms with Crippen LogP contribution in [0.15, 0.2) is 24.3 Å². The number of nitrogens with zero attached hydrogens (tertiary/aromatic N) is 1. The van der Waals surface area contributed by atoms with Gasteiger partial charge in [-0.25, -0.2) is 4.79 Å². The first-order valence-corrected chi connectivity index (χ1v) is 6.55. The number of amides is 2. The van der Waals surface area contributed by atoms with Crippen LogP contribution in [0.25, 0.3) is 0 Å². The smallest absolute Gasteiger partial charge is 0.312 e. The van der Waals surface area contributed by atoms with Crippen LogP contribution >= 0.6 is 23.4 Å². The lowest BCUT2D eigenvalue weighted by molar-refractivity contribution is 0.216. The molecule has 5 heteroatoms. The Bertz CT molecular complexity index is 399. The Balaban J connectivity index is 2.05. The van der Waals surface area contributed by atoms with E-state index < -0.39 is 0 Å². The Morgan fingerprint density at radius 2 is 2.31 bits per heavy atom. The Morgan fingerprint density at radius 1 is 1.56 bits per heavy atom. The van der Waals surface area contributed by atoms with Crippen LogP contribution in [0.5, 0.6) is 0 Å². The lowest BCUT2D eigenvalue weighted by Crippen LogP contribution is -2.36. The van der Waals surface area contributed by atoms with Crippen molar-refractivity contribution in [2.24, 2.45) is 0 Å². The Kier molecular flexibility index (Phi) is 3.61. The molecule has 1 atom stereocenters. The van der Waals surface area contributed by atoms with Gasteiger partial charge in [-0.05, 0) is 19.1 Å². The molecular formula is C11H13ClN2OS. The SMILES string of the molecule is CC1SCCN1C(=O)Nc1ccccc1Cl. The molecule has 1 N–H and O–H groups in total. The average molecular weight is 257 g/mol. The van der Waals surface area contributed by atoms with Crippen LogP contribution < -0.4 is 5.32 Å². The van der Waals surface area contributed by atoms with Crippen LogP contribution in [0.3, 0.4) is 0 Å². The fourth-order valence-electron chi connectivity index (χ4n) is 1.61. The first-order valence-electron chi connectivity index (χ1n) is 5.12. The van der Waals surface area contributed by atoms with Gasteiger partial charge in [-0.2, -0.15) is 0 Å². The van der Waals surface area contributed by atoms with Gasteiger partial charge in [-0.15, -0.1) is 11.8 Å². The second-order valence-corrected chi connectivity index (χ2v) is 5.40. The van der Waals surface area contributed by atoms with Gasteiger partial charge in [0, 0.05) is 12.3 Å². The van der Waals surface area contributed by atoms with Gasteiger partial charge >= 0.3 is 6.03 Å². The molecule has 0 aliphatic carbocycles. The van der Waals surface area contributed by atoms with Crippen LogP contribution in [0, 0.1) is 0 Å². The number of rotatable bonds is 1. The normalized spacial score (nSPS) is 19.9. The zero-order valence-electron chi connectivity index (χ0n) is 8.94. The quantitative estimate of drug-likeness (QED) is 0.837. The van der Waals surface area contributed by atoms with Crippen molar-refractivity contribution in [3.63, 3.8) is 0 Å². The van der Waals surface area contributed by atoms with Gasteiger partial charge in [0.1, 0.15) is 0 Å². The minimum atomic E-state index is -0.0781. The number of carbonyl (C=O) groups is 1. The van der Waals surface area contributed by atoms with Crippen LogP contribution in [0.4, 0.5) is 10.5 Å². The predicted octanol–water partition coefficient (Wildman–Crippen LogP) is 3.27. The van der Waals surface area contributed by atoms with Crippen LogP contribution in [-0.4, -0.2) is 28.6 Å². The van der Waals surface area contributed by atoms with E-state index in [0.717, 1.165) is 12.3 Å². The summed E-state index contributed by atoms with van der Waals surface area (Å²) in [6, 6.07) is 7.18. The van der Waals surface area contributed by atoms with Gasteiger partial charge in [0.15, 0.2) is 0 Å². The van der Waals surface area contributed by atoms with Crippen molar-refractivity contribution < 1.29 is 4.79 Å². The molecule has 0 aromatic heterocycles. The first-order chi connectivity index (χ1) is 7.68. The van der Waals surface area contributed by atoms with Gasteiger partial charge in [0.05, 0.1) is 16.1 Å². The first kappa shape index (κ1) is 11.6. The number of hydrogen-bond donors (Lipinski definition) is 1. The summed E-state index contributed by atoms with van der Waals surface area (Å²) in [5.74, 6) is 0.997. The fraction of sp³-hybridized carbons (Fsp3) is 0.364. The molecule has 1 aromatic rings. The molecule has 3 nitrogen and oxygen atoms in total. The van der Waals surface area contributed by atoms with Crippen molar-refractivity contribution in [1.82, 2.24) is 4.90 Å².